The maximum Gasteiger partial charge on any atom is 0.387 e. The lowest BCUT2D eigenvalue weighted by atomic mass is 10.1. The number of hydrogen-bond acceptors (Lipinski definition) is 4. The minimum absolute atomic E-state index is 0.125. The van der Waals surface area contributed by atoms with Crippen molar-refractivity contribution in [2.24, 2.45) is 0 Å². The van der Waals surface area contributed by atoms with Crippen molar-refractivity contribution in [3.8, 4) is 11.5 Å². The van der Waals surface area contributed by atoms with Crippen molar-refractivity contribution in [2.45, 2.75) is 20.5 Å². The summed E-state index contributed by atoms with van der Waals surface area (Å²) in [6.45, 7) is 1.64. The van der Waals surface area contributed by atoms with Crippen LogP contribution in [0.15, 0.2) is 24.3 Å². The van der Waals surface area contributed by atoms with Crippen LogP contribution in [-0.4, -0.2) is 50.1 Å². The monoisotopic (exact) mass is 356 g/mol. The van der Waals surface area contributed by atoms with Crippen LogP contribution in [0.5, 0.6) is 11.5 Å². The fraction of sp³-hybridized carbons (Fsp3) is 0.412. The molecule has 1 rings (SSSR count). The Kier molecular flexibility index (Phi) is 8.38. The van der Waals surface area contributed by atoms with Crippen molar-refractivity contribution < 1.29 is 27.8 Å². The Hall–Kier alpha value is -2.64. The number of ether oxygens (including phenoxy) is 2. The molecular weight excluding hydrogens is 334 g/mol. The van der Waals surface area contributed by atoms with Crippen molar-refractivity contribution >= 4 is 17.9 Å². The van der Waals surface area contributed by atoms with Gasteiger partial charge in [-0.3, -0.25) is 9.59 Å². The van der Waals surface area contributed by atoms with E-state index in [1.807, 2.05) is 13.8 Å². The first kappa shape index (κ1) is 20.4. The highest BCUT2D eigenvalue weighted by Gasteiger charge is 2.14. The Labute approximate surface area is 145 Å². The summed E-state index contributed by atoms with van der Waals surface area (Å²) < 4.78 is 34.5. The van der Waals surface area contributed by atoms with Gasteiger partial charge < -0.3 is 19.7 Å². The third-order valence-corrected chi connectivity index (χ3v) is 3.38. The number of benzene rings is 1. The summed E-state index contributed by atoms with van der Waals surface area (Å²) in [7, 11) is 1.33. The quantitative estimate of drug-likeness (QED) is 0.690. The number of alkyl halides is 2. The van der Waals surface area contributed by atoms with E-state index in [2.05, 4.69) is 10.1 Å². The lowest BCUT2D eigenvalue weighted by Gasteiger charge is -2.18. The molecule has 0 atom stereocenters. The smallest absolute Gasteiger partial charge is 0.387 e. The number of nitrogens with one attached hydrogen (secondary N) is 1. The van der Waals surface area contributed by atoms with Crippen LogP contribution in [0.1, 0.15) is 19.4 Å². The Morgan fingerprint density at radius 3 is 2.52 bits per heavy atom. The molecular formula is C17H22F2N2O4. The number of carbonyl (C=O) groups excluding carboxylic acids is 2. The summed E-state index contributed by atoms with van der Waals surface area (Å²) in [4.78, 5) is 25.2. The fourth-order valence-corrected chi connectivity index (χ4v) is 2.12. The van der Waals surface area contributed by atoms with Gasteiger partial charge in [-0.2, -0.15) is 8.78 Å². The van der Waals surface area contributed by atoms with E-state index in [-0.39, 0.29) is 29.5 Å². The maximum atomic E-state index is 12.5. The average molecular weight is 356 g/mol. The average Bonchev–Trinajstić information content (AvgIpc) is 2.59. The molecule has 0 aliphatic rings. The van der Waals surface area contributed by atoms with E-state index >= 15 is 0 Å². The third-order valence-electron chi connectivity index (χ3n) is 3.38. The third kappa shape index (κ3) is 6.40. The highest BCUT2D eigenvalue weighted by Crippen LogP contribution is 2.33. The Balaban J connectivity index is 2.77. The molecule has 0 spiro atoms. The zero-order valence-electron chi connectivity index (χ0n) is 14.4. The van der Waals surface area contributed by atoms with Gasteiger partial charge in [0.15, 0.2) is 11.5 Å². The van der Waals surface area contributed by atoms with Crippen LogP contribution >= 0.6 is 0 Å². The van der Waals surface area contributed by atoms with Gasteiger partial charge in [-0.1, -0.05) is 12.1 Å². The molecule has 0 aliphatic carbocycles. The summed E-state index contributed by atoms with van der Waals surface area (Å²) in [6, 6.07) is 4.56. The number of para-hydroxylation sites is 1. The standard InChI is InChI=1S/C17H22F2N2O4/c1-4-21(5-2)15(23)11-20-14(22)10-9-12-7-6-8-13(24-3)16(12)25-17(18)19/h6-10,17H,4-5,11H2,1-3H3,(H,20,22)/b10-9+. The number of rotatable bonds is 9. The number of halogens is 2. The number of amides is 2. The first-order valence-corrected chi connectivity index (χ1v) is 7.78. The van der Waals surface area contributed by atoms with E-state index < -0.39 is 12.5 Å². The molecule has 6 nitrogen and oxygen atoms in total. The largest absolute Gasteiger partial charge is 0.493 e. The van der Waals surface area contributed by atoms with Crippen LogP contribution in [0.3, 0.4) is 0 Å². The molecule has 1 aromatic rings. The predicted octanol–water partition coefficient (Wildman–Crippen LogP) is 2.29. The van der Waals surface area contributed by atoms with Gasteiger partial charge in [0.1, 0.15) is 0 Å². The normalized spacial score (nSPS) is 10.8. The molecule has 0 saturated carbocycles. The number of likely N-dealkylation sites (N-methyl/N-ethyl adjacent to an activating group) is 1. The van der Waals surface area contributed by atoms with Gasteiger partial charge in [-0.15, -0.1) is 0 Å². The van der Waals surface area contributed by atoms with Crippen LogP contribution in [0.25, 0.3) is 6.08 Å². The summed E-state index contributed by atoms with van der Waals surface area (Å²) in [5.41, 5.74) is 0.255. The molecule has 1 aromatic carbocycles. The van der Waals surface area contributed by atoms with Crippen LogP contribution in [-0.2, 0) is 9.59 Å². The molecule has 0 radical (unpaired) electrons. The molecule has 25 heavy (non-hydrogen) atoms. The van der Waals surface area contributed by atoms with Gasteiger partial charge in [0.25, 0.3) is 0 Å². The molecule has 138 valence electrons. The van der Waals surface area contributed by atoms with E-state index in [1.165, 1.54) is 25.3 Å². The van der Waals surface area contributed by atoms with E-state index in [1.54, 1.807) is 11.0 Å². The van der Waals surface area contributed by atoms with Gasteiger partial charge in [-0.25, -0.2) is 0 Å². The zero-order chi connectivity index (χ0) is 18.8. The number of carbonyl (C=O) groups is 2. The van der Waals surface area contributed by atoms with Crippen molar-refractivity contribution in [1.82, 2.24) is 10.2 Å². The first-order chi connectivity index (χ1) is 11.9. The second-order valence-electron chi connectivity index (χ2n) is 4.87. The Bertz CT molecular complexity index is 617. The van der Waals surface area contributed by atoms with Crippen molar-refractivity contribution in [3.63, 3.8) is 0 Å². The Morgan fingerprint density at radius 1 is 1.28 bits per heavy atom. The van der Waals surface area contributed by atoms with Gasteiger partial charge >= 0.3 is 6.61 Å². The number of nitrogens with zero attached hydrogens (tertiary/aromatic N) is 1. The molecule has 0 bridgehead atoms. The van der Waals surface area contributed by atoms with Crippen LogP contribution in [0.2, 0.25) is 0 Å². The highest BCUT2D eigenvalue weighted by molar-refractivity contribution is 5.94. The first-order valence-electron chi connectivity index (χ1n) is 7.78. The van der Waals surface area contributed by atoms with Crippen molar-refractivity contribution in [1.29, 1.82) is 0 Å². The van der Waals surface area contributed by atoms with Crippen molar-refractivity contribution in [2.75, 3.05) is 26.7 Å². The SMILES string of the molecule is CCN(CC)C(=O)CNC(=O)/C=C/c1cccc(OC)c1OC(F)F. The van der Waals surface area contributed by atoms with Crippen LogP contribution < -0.4 is 14.8 Å². The van der Waals surface area contributed by atoms with E-state index in [0.717, 1.165) is 6.08 Å². The minimum Gasteiger partial charge on any atom is -0.493 e. The van der Waals surface area contributed by atoms with Crippen LogP contribution in [0, 0.1) is 0 Å². The lowest BCUT2D eigenvalue weighted by Crippen LogP contribution is -2.39. The molecule has 2 amide bonds. The summed E-state index contributed by atoms with van der Waals surface area (Å²) >= 11 is 0. The molecule has 0 aromatic heterocycles. The van der Waals surface area contributed by atoms with Gasteiger partial charge in [0, 0.05) is 24.7 Å². The summed E-state index contributed by atoms with van der Waals surface area (Å²) in [5, 5.41) is 2.45. The molecule has 0 unspecified atom stereocenters. The molecule has 0 heterocycles. The summed E-state index contributed by atoms with van der Waals surface area (Å²) in [5.74, 6) is -0.760. The highest BCUT2D eigenvalue weighted by atomic mass is 19.3. The molecule has 0 fully saturated rings. The number of hydrogen-bond donors (Lipinski definition) is 1. The predicted molar refractivity (Wildman–Crippen MR) is 89.6 cm³/mol. The van der Waals surface area contributed by atoms with Gasteiger partial charge in [0.2, 0.25) is 11.8 Å². The second-order valence-corrected chi connectivity index (χ2v) is 4.87. The van der Waals surface area contributed by atoms with E-state index in [0.29, 0.717) is 13.1 Å². The summed E-state index contributed by atoms with van der Waals surface area (Å²) in [6.07, 6.45) is 2.46. The topological polar surface area (TPSA) is 67.9 Å². The Morgan fingerprint density at radius 2 is 1.96 bits per heavy atom. The molecule has 0 aliphatic heterocycles. The lowest BCUT2D eigenvalue weighted by molar-refractivity contribution is -0.131. The second kappa shape index (κ2) is 10.3. The number of methoxy groups -OCH3 is 1. The van der Waals surface area contributed by atoms with E-state index in [9.17, 15) is 18.4 Å². The molecule has 0 saturated heterocycles. The van der Waals surface area contributed by atoms with Crippen LogP contribution in [0.4, 0.5) is 8.78 Å². The molecule has 1 N–H and O–H groups in total. The minimum atomic E-state index is -3.02. The fourth-order valence-electron chi connectivity index (χ4n) is 2.12. The van der Waals surface area contributed by atoms with Gasteiger partial charge in [-0.05, 0) is 26.0 Å². The van der Waals surface area contributed by atoms with Crippen molar-refractivity contribution in [3.05, 3.63) is 29.8 Å². The van der Waals surface area contributed by atoms with Gasteiger partial charge in [0.05, 0.1) is 13.7 Å². The maximum absolute atomic E-state index is 12.5. The van der Waals surface area contributed by atoms with E-state index in [4.69, 9.17) is 4.74 Å². The molecule has 8 heteroatoms. The zero-order valence-corrected chi connectivity index (χ0v) is 14.4.